The maximum absolute atomic E-state index is 13.1. The average molecular weight is 361 g/mol. The Kier molecular flexibility index (Phi) is 5.98. The summed E-state index contributed by atoms with van der Waals surface area (Å²) in [6.45, 7) is 4.87. The molecule has 2 aliphatic rings. The van der Waals surface area contributed by atoms with E-state index in [0.717, 1.165) is 32.1 Å². The van der Waals surface area contributed by atoms with E-state index >= 15 is 0 Å². The third-order valence-corrected chi connectivity index (χ3v) is 8.11. The van der Waals surface area contributed by atoms with Gasteiger partial charge >= 0.3 is 0 Å². The van der Waals surface area contributed by atoms with Crippen LogP contribution >= 0.6 is 0 Å². The van der Waals surface area contributed by atoms with Crippen LogP contribution in [0.15, 0.2) is 0 Å². The highest BCUT2D eigenvalue weighted by molar-refractivity contribution is 7.89. The van der Waals surface area contributed by atoms with Gasteiger partial charge in [0.2, 0.25) is 15.9 Å². The molecule has 1 atom stereocenters. The van der Waals surface area contributed by atoms with Crippen LogP contribution in [0, 0.1) is 11.3 Å². The molecular weight excluding hydrogens is 328 g/mol. The largest absolute Gasteiger partial charge is 0.393 e. The monoisotopic (exact) mass is 360 g/mol. The van der Waals surface area contributed by atoms with Crippen molar-refractivity contribution >= 4 is 15.9 Å². The zero-order valence-corrected chi connectivity index (χ0v) is 16.2. The van der Waals surface area contributed by atoms with Crippen molar-refractivity contribution in [2.75, 3.05) is 27.2 Å². The number of aliphatic hydroxyl groups excluding tert-OH is 1. The maximum Gasteiger partial charge on any atom is 0.228 e. The number of hydrogen-bond acceptors (Lipinski definition) is 4. The van der Waals surface area contributed by atoms with Crippen molar-refractivity contribution in [2.45, 2.75) is 63.7 Å². The predicted octanol–water partition coefficient (Wildman–Crippen LogP) is 1.45. The number of amides is 1. The molecule has 1 aliphatic heterocycles. The first-order valence-electron chi connectivity index (χ1n) is 8.95. The van der Waals surface area contributed by atoms with Gasteiger partial charge in [-0.2, -0.15) is 0 Å². The maximum atomic E-state index is 13.1. The number of likely N-dealkylation sites (tertiary alicyclic amines) is 1. The molecule has 7 heteroatoms. The lowest BCUT2D eigenvalue weighted by molar-refractivity contribution is -0.145. The van der Waals surface area contributed by atoms with Crippen LogP contribution in [-0.2, 0) is 14.8 Å². The molecule has 140 valence electrons. The summed E-state index contributed by atoms with van der Waals surface area (Å²) < 4.78 is 26.1. The summed E-state index contributed by atoms with van der Waals surface area (Å²) in [6, 6.07) is 0. The van der Waals surface area contributed by atoms with Gasteiger partial charge in [-0.15, -0.1) is 0 Å². The van der Waals surface area contributed by atoms with Gasteiger partial charge in [0.05, 0.1) is 11.4 Å². The van der Waals surface area contributed by atoms with E-state index in [9.17, 15) is 18.3 Å². The summed E-state index contributed by atoms with van der Waals surface area (Å²) >= 11 is 0. The van der Waals surface area contributed by atoms with Crippen LogP contribution in [-0.4, -0.2) is 67.2 Å². The van der Waals surface area contributed by atoms with Gasteiger partial charge in [-0.05, 0) is 44.4 Å². The third kappa shape index (κ3) is 3.94. The van der Waals surface area contributed by atoms with Crippen molar-refractivity contribution in [3.8, 4) is 0 Å². The van der Waals surface area contributed by atoms with E-state index in [1.807, 2.05) is 13.8 Å². The predicted molar refractivity (Wildman–Crippen MR) is 94.0 cm³/mol. The standard InChI is InChI=1S/C17H32N2O4S/c1-17(2,13-7-9-14(20)10-8-13)16(21)19-11-5-6-15(12-19)24(22,23)18(3)4/h13-15,20H,5-12H2,1-4H3. The van der Waals surface area contributed by atoms with Gasteiger partial charge in [0.1, 0.15) is 0 Å². The first-order valence-corrected chi connectivity index (χ1v) is 10.5. The van der Waals surface area contributed by atoms with Gasteiger partial charge < -0.3 is 10.0 Å². The minimum absolute atomic E-state index is 0.0579. The number of aliphatic hydroxyl groups is 1. The number of hydrogen-bond donors (Lipinski definition) is 1. The molecule has 0 radical (unpaired) electrons. The molecular formula is C17H32N2O4S. The van der Waals surface area contributed by atoms with Crippen molar-refractivity contribution in [3.63, 3.8) is 0 Å². The summed E-state index contributed by atoms with van der Waals surface area (Å²) in [7, 11) is -0.240. The van der Waals surface area contributed by atoms with E-state index in [2.05, 4.69) is 0 Å². The lowest BCUT2D eigenvalue weighted by atomic mass is 9.69. The number of rotatable bonds is 4. The molecule has 1 N–H and O–H groups in total. The first kappa shape index (κ1) is 19.7. The highest BCUT2D eigenvalue weighted by Gasteiger charge is 2.43. The van der Waals surface area contributed by atoms with Crippen LogP contribution in [0.2, 0.25) is 0 Å². The van der Waals surface area contributed by atoms with Crippen LogP contribution in [0.25, 0.3) is 0 Å². The first-order chi connectivity index (χ1) is 11.1. The second-order valence-corrected chi connectivity index (χ2v) is 10.5. The summed E-state index contributed by atoms with van der Waals surface area (Å²) in [5.41, 5.74) is -0.510. The molecule has 2 fully saturated rings. The second kappa shape index (κ2) is 7.30. The lowest BCUT2D eigenvalue weighted by Gasteiger charge is -2.42. The van der Waals surface area contributed by atoms with Gasteiger partial charge in [-0.25, -0.2) is 12.7 Å². The van der Waals surface area contributed by atoms with Crippen molar-refractivity contribution < 1.29 is 18.3 Å². The Hall–Kier alpha value is -0.660. The molecule has 1 saturated carbocycles. The van der Waals surface area contributed by atoms with Crippen molar-refractivity contribution in [3.05, 3.63) is 0 Å². The van der Waals surface area contributed by atoms with Gasteiger partial charge in [0.25, 0.3) is 0 Å². The fraction of sp³-hybridized carbons (Fsp3) is 0.941. The van der Waals surface area contributed by atoms with E-state index in [4.69, 9.17) is 0 Å². The number of nitrogens with zero attached hydrogens (tertiary/aromatic N) is 2. The van der Waals surface area contributed by atoms with Crippen LogP contribution in [0.3, 0.4) is 0 Å². The highest BCUT2D eigenvalue weighted by atomic mass is 32.2. The normalized spacial score (nSPS) is 29.8. The average Bonchev–Trinajstić information content (AvgIpc) is 2.54. The summed E-state index contributed by atoms with van der Waals surface area (Å²) in [5.74, 6) is 0.307. The molecule has 0 spiro atoms. The van der Waals surface area contributed by atoms with Gasteiger partial charge in [0.15, 0.2) is 0 Å². The fourth-order valence-electron chi connectivity index (χ4n) is 4.04. The Labute approximate surface area is 146 Å². The molecule has 0 aromatic heterocycles. The minimum atomic E-state index is -3.34. The Morgan fingerprint density at radius 3 is 2.25 bits per heavy atom. The summed E-state index contributed by atoms with van der Waals surface area (Å²) in [5, 5.41) is 9.18. The molecule has 1 amide bonds. The van der Waals surface area contributed by atoms with Crippen LogP contribution < -0.4 is 0 Å². The molecule has 24 heavy (non-hydrogen) atoms. The lowest BCUT2D eigenvalue weighted by Crippen LogP contribution is -2.53. The topological polar surface area (TPSA) is 77.9 Å². The number of sulfonamides is 1. The molecule has 1 unspecified atom stereocenters. The van der Waals surface area contributed by atoms with E-state index in [-0.39, 0.29) is 24.5 Å². The summed E-state index contributed by atoms with van der Waals surface area (Å²) in [6.07, 6.45) is 4.30. The Morgan fingerprint density at radius 1 is 1.12 bits per heavy atom. The fourth-order valence-corrected chi connectivity index (χ4v) is 5.47. The Bertz CT molecular complexity index is 551. The molecule has 0 aromatic rings. The zero-order valence-electron chi connectivity index (χ0n) is 15.4. The molecule has 1 aliphatic carbocycles. The third-order valence-electron chi connectivity index (χ3n) is 5.86. The molecule has 6 nitrogen and oxygen atoms in total. The minimum Gasteiger partial charge on any atom is -0.393 e. The molecule has 1 saturated heterocycles. The Balaban J connectivity index is 2.08. The quantitative estimate of drug-likeness (QED) is 0.823. The van der Waals surface area contributed by atoms with Gasteiger partial charge in [-0.1, -0.05) is 13.8 Å². The molecule has 1 heterocycles. The number of carbonyl (C=O) groups excluding carboxylic acids is 1. The molecule has 2 rings (SSSR count). The Morgan fingerprint density at radius 2 is 1.71 bits per heavy atom. The van der Waals surface area contributed by atoms with Gasteiger partial charge in [-0.3, -0.25) is 4.79 Å². The number of piperidine rings is 1. The van der Waals surface area contributed by atoms with E-state index in [1.165, 1.54) is 4.31 Å². The van der Waals surface area contributed by atoms with Crippen molar-refractivity contribution in [2.24, 2.45) is 11.3 Å². The zero-order chi connectivity index (χ0) is 18.1. The highest BCUT2D eigenvalue weighted by Crippen LogP contribution is 2.40. The SMILES string of the molecule is CN(C)S(=O)(=O)C1CCCN(C(=O)C(C)(C)C2CCC(O)CC2)C1. The second-order valence-electron chi connectivity index (χ2n) is 8.07. The number of carbonyl (C=O) groups is 1. The van der Waals surface area contributed by atoms with Crippen LogP contribution in [0.5, 0.6) is 0 Å². The van der Waals surface area contributed by atoms with Crippen LogP contribution in [0.1, 0.15) is 52.4 Å². The van der Waals surface area contributed by atoms with E-state index < -0.39 is 20.7 Å². The molecule has 0 bridgehead atoms. The van der Waals surface area contributed by atoms with Crippen molar-refractivity contribution in [1.82, 2.24) is 9.21 Å². The van der Waals surface area contributed by atoms with Gasteiger partial charge in [0, 0.05) is 32.6 Å². The van der Waals surface area contributed by atoms with E-state index in [1.54, 1.807) is 19.0 Å². The molecule has 0 aromatic carbocycles. The summed E-state index contributed by atoms with van der Waals surface area (Å²) in [4.78, 5) is 14.8. The smallest absolute Gasteiger partial charge is 0.228 e. The van der Waals surface area contributed by atoms with Crippen LogP contribution in [0.4, 0.5) is 0 Å². The van der Waals surface area contributed by atoms with Crippen molar-refractivity contribution in [1.29, 1.82) is 0 Å². The van der Waals surface area contributed by atoms with E-state index in [0.29, 0.717) is 13.0 Å².